The maximum absolute atomic E-state index is 12.9. The molecule has 22 heavy (non-hydrogen) atoms. The second-order valence-corrected chi connectivity index (χ2v) is 7.46. The van der Waals surface area contributed by atoms with Crippen molar-refractivity contribution in [3.8, 4) is 0 Å². The molecule has 2 bridgehead atoms. The average Bonchev–Trinajstić information content (AvgIpc) is 2.85. The Bertz CT molecular complexity index is 571. The van der Waals surface area contributed by atoms with E-state index in [4.69, 9.17) is 0 Å². The van der Waals surface area contributed by atoms with Crippen molar-refractivity contribution in [3.63, 3.8) is 0 Å². The highest BCUT2D eigenvalue weighted by Gasteiger charge is 2.35. The van der Waals surface area contributed by atoms with Gasteiger partial charge in [0.25, 0.3) is 0 Å². The molecular formula is C19H26N2O. The molecule has 0 spiro atoms. The standard InChI is InChI=1S/C19H26N2O/c1-13-4-7-18-15(9-13)3-2-8-21(18)19(22)12-14-10-16-5-6-17(11-14)20-16/h4,7,9,14,16-17,20H,2-3,5-6,8,10-12H2,1H3. The lowest BCUT2D eigenvalue weighted by atomic mass is 9.88. The predicted octanol–water partition coefficient (Wildman–Crippen LogP) is 3.19. The third kappa shape index (κ3) is 2.67. The molecule has 0 aromatic heterocycles. The highest BCUT2D eigenvalue weighted by atomic mass is 16.2. The van der Waals surface area contributed by atoms with Crippen LogP contribution >= 0.6 is 0 Å². The van der Waals surface area contributed by atoms with E-state index in [1.165, 1.54) is 42.5 Å². The molecule has 3 aliphatic rings. The zero-order chi connectivity index (χ0) is 15.1. The van der Waals surface area contributed by atoms with Gasteiger partial charge in [-0.25, -0.2) is 0 Å². The van der Waals surface area contributed by atoms with Crippen LogP contribution in [0, 0.1) is 12.8 Å². The molecule has 1 aromatic rings. The van der Waals surface area contributed by atoms with Crippen molar-refractivity contribution in [2.75, 3.05) is 11.4 Å². The van der Waals surface area contributed by atoms with Crippen LogP contribution in [0.25, 0.3) is 0 Å². The van der Waals surface area contributed by atoms with E-state index in [1.807, 2.05) is 0 Å². The SMILES string of the molecule is Cc1ccc2c(c1)CCCN2C(=O)CC1CC2CCC(C1)N2. The first kappa shape index (κ1) is 14.3. The van der Waals surface area contributed by atoms with E-state index < -0.39 is 0 Å². The third-order valence-corrected chi connectivity index (χ3v) is 5.69. The minimum atomic E-state index is 0.344. The summed E-state index contributed by atoms with van der Waals surface area (Å²) in [6.45, 7) is 3.03. The van der Waals surface area contributed by atoms with Gasteiger partial charge >= 0.3 is 0 Å². The van der Waals surface area contributed by atoms with E-state index in [0.29, 0.717) is 23.9 Å². The lowest BCUT2D eigenvalue weighted by Gasteiger charge is -2.33. The molecule has 3 heteroatoms. The Balaban J connectivity index is 1.47. The molecule has 1 amide bonds. The number of hydrogen-bond donors (Lipinski definition) is 1. The number of fused-ring (bicyclic) bond motifs is 3. The molecule has 2 atom stereocenters. The van der Waals surface area contributed by atoms with Crippen LogP contribution in [0.5, 0.6) is 0 Å². The number of carbonyl (C=O) groups is 1. The molecule has 1 aromatic carbocycles. The van der Waals surface area contributed by atoms with Gasteiger partial charge in [0.15, 0.2) is 0 Å². The smallest absolute Gasteiger partial charge is 0.227 e. The molecule has 3 nitrogen and oxygen atoms in total. The Morgan fingerprint density at radius 3 is 2.82 bits per heavy atom. The van der Waals surface area contributed by atoms with Crippen molar-refractivity contribution in [1.29, 1.82) is 0 Å². The minimum absolute atomic E-state index is 0.344. The van der Waals surface area contributed by atoms with E-state index in [0.717, 1.165) is 25.8 Å². The Morgan fingerprint density at radius 1 is 1.27 bits per heavy atom. The Hall–Kier alpha value is -1.35. The zero-order valence-corrected chi connectivity index (χ0v) is 13.5. The van der Waals surface area contributed by atoms with Gasteiger partial charge in [-0.1, -0.05) is 17.7 Å². The summed E-state index contributed by atoms with van der Waals surface area (Å²) in [7, 11) is 0. The van der Waals surface area contributed by atoms with Crippen molar-refractivity contribution in [3.05, 3.63) is 29.3 Å². The fraction of sp³-hybridized carbons (Fsp3) is 0.632. The van der Waals surface area contributed by atoms with E-state index in [9.17, 15) is 4.79 Å². The van der Waals surface area contributed by atoms with Crippen LogP contribution in [0.15, 0.2) is 18.2 Å². The second-order valence-electron chi connectivity index (χ2n) is 7.46. The molecule has 3 heterocycles. The maximum atomic E-state index is 12.9. The van der Waals surface area contributed by atoms with E-state index in [-0.39, 0.29) is 0 Å². The molecule has 2 fully saturated rings. The Kier molecular flexibility index (Phi) is 3.69. The molecule has 2 saturated heterocycles. The van der Waals surface area contributed by atoms with Gasteiger partial charge in [0.05, 0.1) is 0 Å². The normalized spacial score (nSPS) is 30.2. The van der Waals surface area contributed by atoms with Gasteiger partial charge in [-0.3, -0.25) is 4.79 Å². The van der Waals surface area contributed by atoms with Crippen LogP contribution in [-0.2, 0) is 11.2 Å². The van der Waals surface area contributed by atoms with Gasteiger partial charge < -0.3 is 10.2 Å². The average molecular weight is 298 g/mol. The quantitative estimate of drug-likeness (QED) is 0.909. The second kappa shape index (κ2) is 5.69. The first-order chi connectivity index (χ1) is 10.7. The molecular weight excluding hydrogens is 272 g/mol. The van der Waals surface area contributed by atoms with Crippen molar-refractivity contribution in [2.45, 2.75) is 64.0 Å². The maximum Gasteiger partial charge on any atom is 0.227 e. The zero-order valence-electron chi connectivity index (χ0n) is 13.5. The number of piperidine rings is 1. The van der Waals surface area contributed by atoms with Crippen molar-refractivity contribution in [2.24, 2.45) is 5.92 Å². The highest BCUT2D eigenvalue weighted by molar-refractivity contribution is 5.94. The van der Waals surface area contributed by atoms with Crippen LogP contribution in [0.4, 0.5) is 5.69 Å². The van der Waals surface area contributed by atoms with Gasteiger partial charge in [-0.2, -0.15) is 0 Å². The van der Waals surface area contributed by atoms with Gasteiger partial charge in [0.1, 0.15) is 0 Å². The minimum Gasteiger partial charge on any atom is -0.312 e. The van der Waals surface area contributed by atoms with Crippen molar-refractivity contribution in [1.82, 2.24) is 5.32 Å². The monoisotopic (exact) mass is 298 g/mol. The van der Waals surface area contributed by atoms with Crippen molar-refractivity contribution >= 4 is 11.6 Å². The summed E-state index contributed by atoms with van der Waals surface area (Å²) in [5.41, 5.74) is 3.81. The molecule has 0 aliphatic carbocycles. The molecule has 2 unspecified atom stereocenters. The topological polar surface area (TPSA) is 32.3 Å². The number of benzene rings is 1. The summed E-state index contributed by atoms with van der Waals surface area (Å²) in [4.78, 5) is 14.9. The number of carbonyl (C=O) groups excluding carboxylic acids is 1. The lowest BCUT2D eigenvalue weighted by Crippen LogP contribution is -2.41. The number of aryl methyl sites for hydroxylation is 2. The number of nitrogens with one attached hydrogen (secondary N) is 1. The summed E-state index contributed by atoms with van der Waals surface area (Å²) in [5, 5.41) is 3.67. The van der Waals surface area contributed by atoms with E-state index in [2.05, 4.69) is 35.3 Å². The van der Waals surface area contributed by atoms with Gasteiger partial charge in [-0.15, -0.1) is 0 Å². The van der Waals surface area contributed by atoms with Crippen LogP contribution in [0.3, 0.4) is 0 Å². The molecule has 118 valence electrons. The molecule has 0 radical (unpaired) electrons. The van der Waals surface area contributed by atoms with Crippen LogP contribution in [0.2, 0.25) is 0 Å². The summed E-state index contributed by atoms with van der Waals surface area (Å²) < 4.78 is 0. The number of rotatable bonds is 2. The lowest BCUT2D eigenvalue weighted by molar-refractivity contribution is -0.119. The van der Waals surface area contributed by atoms with E-state index >= 15 is 0 Å². The van der Waals surface area contributed by atoms with Gasteiger partial charge in [0.2, 0.25) is 5.91 Å². The fourth-order valence-corrected chi connectivity index (χ4v) is 4.68. The predicted molar refractivity (Wildman–Crippen MR) is 89.1 cm³/mol. The summed E-state index contributed by atoms with van der Waals surface area (Å²) in [6.07, 6.45) is 7.94. The van der Waals surface area contributed by atoms with Crippen LogP contribution in [0.1, 0.15) is 49.7 Å². The van der Waals surface area contributed by atoms with Crippen LogP contribution < -0.4 is 10.2 Å². The summed E-state index contributed by atoms with van der Waals surface area (Å²) in [5.74, 6) is 0.929. The third-order valence-electron chi connectivity index (χ3n) is 5.69. The van der Waals surface area contributed by atoms with Crippen LogP contribution in [-0.4, -0.2) is 24.5 Å². The number of amides is 1. The highest BCUT2D eigenvalue weighted by Crippen LogP contribution is 2.34. The molecule has 1 N–H and O–H groups in total. The summed E-state index contributed by atoms with van der Waals surface area (Å²) in [6, 6.07) is 7.88. The fourth-order valence-electron chi connectivity index (χ4n) is 4.68. The largest absolute Gasteiger partial charge is 0.312 e. The Labute approximate surface area is 133 Å². The van der Waals surface area contributed by atoms with E-state index in [1.54, 1.807) is 0 Å². The first-order valence-electron chi connectivity index (χ1n) is 8.85. The number of anilines is 1. The van der Waals surface area contributed by atoms with Gasteiger partial charge in [-0.05, 0) is 63.0 Å². The molecule has 4 rings (SSSR count). The van der Waals surface area contributed by atoms with Crippen molar-refractivity contribution < 1.29 is 4.79 Å². The Morgan fingerprint density at radius 2 is 2.05 bits per heavy atom. The molecule has 0 saturated carbocycles. The molecule has 3 aliphatic heterocycles. The number of nitrogens with zero attached hydrogens (tertiary/aromatic N) is 1. The summed E-state index contributed by atoms with van der Waals surface area (Å²) >= 11 is 0. The number of hydrogen-bond acceptors (Lipinski definition) is 2. The first-order valence-corrected chi connectivity index (χ1v) is 8.85. The van der Waals surface area contributed by atoms with Gasteiger partial charge in [0, 0.05) is 30.7 Å².